The molecule has 0 bridgehead atoms. The van der Waals surface area contributed by atoms with Crippen molar-refractivity contribution in [2.24, 2.45) is 0 Å². The van der Waals surface area contributed by atoms with Crippen molar-refractivity contribution >= 4 is 5.69 Å². The normalized spacial score (nSPS) is 31.7. The number of benzene rings is 1. The number of rotatable bonds is 2. The summed E-state index contributed by atoms with van der Waals surface area (Å²) >= 11 is 0. The van der Waals surface area contributed by atoms with Crippen LogP contribution in [0.5, 0.6) is 0 Å². The van der Waals surface area contributed by atoms with Gasteiger partial charge < -0.3 is 14.8 Å². The number of aryl methyl sites for hydroxylation is 1. The van der Waals surface area contributed by atoms with Crippen molar-refractivity contribution < 1.29 is 9.47 Å². The summed E-state index contributed by atoms with van der Waals surface area (Å²) in [4.78, 5) is 0. The Labute approximate surface area is 108 Å². The minimum absolute atomic E-state index is 0.0141. The summed E-state index contributed by atoms with van der Waals surface area (Å²) in [5.41, 5.74) is 2.50. The maximum atomic E-state index is 5.95. The molecule has 0 aromatic heterocycles. The molecule has 3 nitrogen and oxygen atoms in total. The maximum Gasteiger partial charge on any atom is 0.0956 e. The molecule has 1 N–H and O–H groups in total. The molecule has 3 rings (SSSR count). The van der Waals surface area contributed by atoms with E-state index in [2.05, 4.69) is 36.5 Å². The molecule has 98 valence electrons. The van der Waals surface area contributed by atoms with Crippen LogP contribution in [0.1, 0.15) is 24.8 Å². The SMILES string of the molecule is Cc1cccc(NC2CCOC3(CCOC3)C2)c1. The van der Waals surface area contributed by atoms with E-state index in [1.165, 1.54) is 11.3 Å². The van der Waals surface area contributed by atoms with Gasteiger partial charge in [-0.15, -0.1) is 0 Å². The first kappa shape index (κ1) is 12.0. The number of hydrogen-bond acceptors (Lipinski definition) is 3. The van der Waals surface area contributed by atoms with Gasteiger partial charge in [-0.1, -0.05) is 12.1 Å². The zero-order valence-electron chi connectivity index (χ0n) is 10.9. The molecule has 1 spiro atoms. The topological polar surface area (TPSA) is 30.5 Å². The van der Waals surface area contributed by atoms with E-state index >= 15 is 0 Å². The van der Waals surface area contributed by atoms with Gasteiger partial charge in [0.15, 0.2) is 0 Å². The van der Waals surface area contributed by atoms with Gasteiger partial charge in [-0.2, -0.15) is 0 Å². The fraction of sp³-hybridized carbons (Fsp3) is 0.600. The van der Waals surface area contributed by atoms with Crippen LogP contribution < -0.4 is 5.32 Å². The van der Waals surface area contributed by atoms with Crippen LogP contribution in [0.15, 0.2) is 24.3 Å². The van der Waals surface area contributed by atoms with Crippen LogP contribution in [0.2, 0.25) is 0 Å². The summed E-state index contributed by atoms with van der Waals surface area (Å²) in [6.07, 6.45) is 3.18. The molecule has 2 fully saturated rings. The fourth-order valence-electron chi connectivity index (χ4n) is 2.98. The van der Waals surface area contributed by atoms with Gasteiger partial charge in [-0.3, -0.25) is 0 Å². The van der Waals surface area contributed by atoms with Crippen molar-refractivity contribution in [2.45, 2.75) is 37.8 Å². The Kier molecular flexibility index (Phi) is 3.27. The molecule has 2 aliphatic heterocycles. The minimum Gasteiger partial charge on any atom is -0.382 e. The Hall–Kier alpha value is -1.06. The first-order valence-corrected chi connectivity index (χ1v) is 6.81. The molecule has 1 aromatic carbocycles. The molecule has 3 heteroatoms. The first-order chi connectivity index (χ1) is 8.76. The van der Waals surface area contributed by atoms with Gasteiger partial charge in [0.1, 0.15) is 0 Å². The van der Waals surface area contributed by atoms with E-state index in [0.717, 1.165) is 39.1 Å². The second kappa shape index (κ2) is 4.90. The lowest BCUT2D eigenvalue weighted by Crippen LogP contribution is -2.44. The molecule has 2 heterocycles. The van der Waals surface area contributed by atoms with Crippen LogP contribution in [0.25, 0.3) is 0 Å². The second-order valence-electron chi connectivity index (χ2n) is 5.54. The number of hydrogen-bond donors (Lipinski definition) is 1. The summed E-state index contributed by atoms with van der Waals surface area (Å²) in [6.45, 7) is 4.57. The fourth-order valence-corrected chi connectivity index (χ4v) is 2.98. The molecule has 18 heavy (non-hydrogen) atoms. The van der Waals surface area contributed by atoms with Gasteiger partial charge in [-0.05, 0) is 37.5 Å². The highest BCUT2D eigenvalue weighted by molar-refractivity contribution is 5.46. The lowest BCUT2D eigenvalue weighted by molar-refractivity contribution is -0.0828. The van der Waals surface area contributed by atoms with E-state index in [1.54, 1.807) is 0 Å². The Morgan fingerprint density at radius 1 is 1.33 bits per heavy atom. The molecule has 2 atom stereocenters. The molecule has 0 aliphatic carbocycles. The highest BCUT2D eigenvalue weighted by atomic mass is 16.6. The van der Waals surface area contributed by atoms with E-state index < -0.39 is 0 Å². The summed E-state index contributed by atoms with van der Waals surface area (Å²) in [6, 6.07) is 9.07. The van der Waals surface area contributed by atoms with Gasteiger partial charge >= 0.3 is 0 Å². The van der Waals surface area contributed by atoms with Crippen molar-refractivity contribution in [3.8, 4) is 0 Å². The van der Waals surface area contributed by atoms with Crippen LogP contribution in [0.3, 0.4) is 0 Å². The Morgan fingerprint density at radius 3 is 3.06 bits per heavy atom. The van der Waals surface area contributed by atoms with E-state index in [4.69, 9.17) is 9.47 Å². The zero-order chi connectivity index (χ0) is 12.4. The molecule has 2 aliphatic rings. The van der Waals surface area contributed by atoms with Gasteiger partial charge in [0.05, 0.1) is 12.2 Å². The molecule has 1 aromatic rings. The second-order valence-corrected chi connectivity index (χ2v) is 5.54. The van der Waals surface area contributed by atoms with Crippen LogP contribution in [0.4, 0.5) is 5.69 Å². The highest BCUT2D eigenvalue weighted by Crippen LogP contribution is 2.33. The van der Waals surface area contributed by atoms with Gasteiger partial charge in [-0.25, -0.2) is 0 Å². The summed E-state index contributed by atoms with van der Waals surface area (Å²) < 4.78 is 11.5. The largest absolute Gasteiger partial charge is 0.382 e. The monoisotopic (exact) mass is 247 g/mol. The van der Waals surface area contributed by atoms with E-state index in [-0.39, 0.29) is 5.60 Å². The average Bonchev–Trinajstić information content (AvgIpc) is 2.77. The van der Waals surface area contributed by atoms with Crippen molar-refractivity contribution in [2.75, 3.05) is 25.1 Å². The third kappa shape index (κ3) is 2.52. The standard InChI is InChI=1S/C15H21NO2/c1-12-3-2-4-13(9-12)16-14-5-7-18-15(10-14)6-8-17-11-15/h2-4,9,14,16H,5-8,10-11H2,1H3. The Bertz CT molecular complexity index is 413. The van der Waals surface area contributed by atoms with E-state index in [1.807, 2.05) is 0 Å². The molecule has 2 unspecified atom stereocenters. The number of nitrogens with one attached hydrogen (secondary N) is 1. The molecular formula is C15H21NO2. The maximum absolute atomic E-state index is 5.95. The lowest BCUT2D eigenvalue weighted by Gasteiger charge is -2.37. The average molecular weight is 247 g/mol. The summed E-state index contributed by atoms with van der Waals surface area (Å²) in [7, 11) is 0. The Morgan fingerprint density at radius 2 is 2.28 bits per heavy atom. The highest BCUT2D eigenvalue weighted by Gasteiger charge is 2.40. The van der Waals surface area contributed by atoms with Crippen LogP contribution >= 0.6 is 0 Å². The zero-order valence-corrected chi connectivity index (χ0v) is 10.9. The summed E-state index contributed by atoms with van der Waals surface area (Å²) in [5.74, 6) is 0. The van der Waals surface area contributed by atoms with Crippen LogP contribution in [0, 0.1) is 6.92 Å². The predicted octanol–water partition coefficient (Wildman–Crippen LogP) is 2.75. The third-order valence-corrected chi connectivity index (χ3v) is 3.95. The van der Waals surface area contributed by atoms with Gasteiger partial charge in [0, 0.05) is 31.4 Å². The number of ether oxygens (including phenoxy) is 2. The third-order valence-electron chi connectivity index (χ3n) is 3.95. The molecule has 2 saturated heterocycles. The molecule has 0 saturated carbocycles. The first-order valence-electron chi connectivity index (χ1n) is 6.81. The van der Waals surface area contributed by atoms with Crippen molar-refractivity contribution in [3.05, 3.63) is 29.8 Å². The minimum atomic E-state index is -0.0141. The predicted molar refractivity (Wildman–Crippen MR) is 71.9 cm³/mol. The molecule has 0 radical (unpaired) electrons. The van der Waals surface area contributed by atoms with Crippen LogP contribution in [-0.2, 0) is 9.47 Å². The van der Waals surface area contributed by atoms with Crippen molar-refractivity contribution in [3.63, 3.8) is 0 Å². The van der Waals surface area contributed by atoms with Crippen LogP contribution in [-0.4, -0.2) is 31.5 Å². The number of anilines is 1. The van der Waals surface area contributed by atoms with Gasteiger partial charge in [0.25, 0.3) is 0 Å². The Balaban J connectivity index is 1.66. The molecular weight excluding hydrogens is 226 g/mol. The van der Waals surface area contributed by atoms with Crippen molar-refractivity contribution in [1.82, 2.24) is 0 Å². The quantitative estimate of drug-likeness (QED) is 0.871. The van der Waals surface area contributed by atoms with E-state index in [0.29, 0.717) is 6.04 Å². The van der Waals surface area contributed by atoms with E-state index in [9.17, 15) is 0 Å². The molecule has 0 amide bonds. The van der Waals surface area contributed by atoms with Gasteiger partial charge in [0.2, 0.25) is 0 Å². The summed E-state index contributed by atoms with van der Waals surface area (Å²) in [5, 5.41) is 3.64. The lowest BCUT2D eigenvalue weighted by atomic mass is 9.89. The smallest absolute Gasteiger partial charge is 0.0956 e. The van der Waals surface area contributed by atoms with Crippen molar-refractivity contribution in [1.29, 1.82) is 0 Å².